The van der Waals surface area contributed by atoms with Crippen LogP contribution in [0.5, 0.6) is 0 Å². The quantitative estimate of drug-likeness (QED) is 0.714. The number of anilines is 3. The molecule has 0 aromatic carbocycles. The summed E-state index contributed by atoms with van der Waals surface area (Å²) < 4.78 is 4.30. The fourth-order valence-corrected chi connectivity index (χ4v) is 3.90. The van der Waals surface area contributed by atoms with Gasteiger partial charge in [0.05, 0.1) is 11.2 Å². The highest BCUT2D eigenvalue weighted by molar-refractivity contribution is 7.10. The molecule has 3 aromatic rings. The molecule has 1 aliphatic rings. The summed E-state index contributed by atoms with van der Waals surface area (Å²) in [5.41, 5.74) is 3.66. The van der Waals surface area contributed by atoms with E-state index in [1.807, 2.05) is 32.0 Å². The number of fused-ring (bicyclic) bond motifs is 1. The molecule has 6 nitrogen and oxygen atoms in total. The zero-order chi connectivity index (χ0) is 17.2. The highest BCUT2D eigenvalue weighted by Gasteiger charge is 2.17. The van der Waals surface area contributed by atoms with Crippen molar-refractivity contribution in [3.8, 4) is 0 Å². The lowest BCUT2D eigenvalue weighted by Gasteiger charge is -2.24. The third kappa shape index (κ3) is 3.71. The molecule has 7 heteroatoms. The van der Waals surface area contributed by atoms with E-state index in [0.717, 1.165) is 33.2 Å². The molecule has 3 aromatic heterocycles. The first-order valence-electron chi connectivity index (χ1n) is 8.80. The molecule has 2 N–H and O–H groups in total. The van der Waals surface area contributed by atoms with Gasteiger partial charge in [-0.05, 0) is 56.4 Å². The summed E-state index contributed by atoms with van der Waals surface area (Å²) in [6, 6.07) is 6.46. The van der Waals surface area contributed by atoms with Crippen LogP contribution < -0.4 is 10.6 Å². The summed E-state index contributed by atoms with van der Waals surface area (Å²) in [6.45, 7) is 3.97. The predicted octanol–water partition coefficient (Wildman–Crippen LogP) is 4.59. The zero-order valence-corrected chi connectivity index (χ0v) is 15.4. The van der Waals surface area contributed by atoms with Crippen LogP contribution in [0.15, 0.2) is 18.2 Å². The lowest BCUT2D eigenvalue weighted by atomic mass is 9.95. The van der Waals surface area contributed by atoms with Gasteiger partial charge in [-0.25, -0.2) is 9.97 Å². The van der Waals surface area contributed by atoms with Gasteiger partial charge in [0.2, 0.25) is 5.95 Å². The Morgan fingerprint density at radius 2 is 1.84 bits per heavy atom. The van der Waals surface area contributed by atoms with Gasteiger partial charge in [0.1, 0.15) is 10.5 Å². The molecular formula is C18H22N6S. The Bertz CT molecular complexity index is 884. The second kappa shape index (κ2) is 6.92. The van der Waals surface area contributed by atoms with Gasteiger partial charge in [0.25, 0.3) is 0 Å². The van der Waals surface area contributed by atoms with Crippen molar-refractivity contribution in [1.29, 1.82) is 0 Å². The maximum absolute atomic E-state index is 4.72. The molecule has 0 saturated heterocycles. The Labute approximate surface area is 151 Å². The maximum atomic E-state index is 4.72. The molecule has 0 atom stereocenters. The van der Waals surface area contributed by atoms with E-state index in [2.05, 4.69) is 25.0 Å². The number of hydrogen-bond donors (Lipinski definition) is 2. The van der Waals surface area contributed by atoms with Gasteiger partial charge < -0.3 is 10.6 Å². The molecule has 1 saturated carbocycles. The molecule has 1 fully saturated rings. The van der Waals surface area contributed by atoms with Crippen LogP contribution in [0.25, 0.3) is 11.0 Å². The molecule has 4 rings (SSSR count). The van der Waals surface area contributed by atoms with Crippen molar-refractivity contribution in [2.75, 3.05) is 10.6 Å². The van der Waals surface area contributed by atoms with Gasteiger partial charge in [-0.2, -0.15) is 9.36 Å². The van der Waals surface area contributed by atoms with E-state index in [0.29, 0.717) is 12.0 Å². The zero-order valence-electron chi connectivity index (χ0n) is 14.5. The molecule has 0 aliphatic heterocycles. The van der Waals surface area contributed by atoms with Crippen LogP contribution in [0.3, 0.4) is 0 Å². The number of rotatable bonds is 4. The van der Waals surface area contributed by atoms with Gasteiger partial charge in [0.15, 0.2) is 5.82 Å². The smallest absolute Gasteiger partial charge is 0.230 e. The number of hydrogen-bond acceptors (Lipinski definition) is 7. The first-order valence-corrected chi connectivity index (χ1v) is 9.57. The summed E-state index contributed by atoms with van der Waals surface area (Å²) in [7, 11) is 0. The van der Waals surface area contributed by atoms with Crippen molar-refractivity contribution in [3.63, 3.8) is 0 Å². The van der Waals surface area contributed by atoms with Crippen molar-refractivity contribution < 1.29 is 0 Å². The van der Waals surface area contributed by atoms with E-state index in [-0.39, 0.29) is 0 Å². The standard InChI is InChI=1S/C18H22N6S/c1-11-8-9-14-16(19-11)17(20-13-6-4-3-5-7-13)23-18(21-14)22-15-10-12(2)24-25-15/h8-10,13H,3-7H2,1-2H3,(H2,20,21,22,23). The fraction of sp³-hybridized carbons (Fsp3) is 0.444. The van der Waals surface area contributed by atoms with Crippen molar-refractivity contribution >= 4 is 39.3 Å². The maximum Gasteiger partial charge on any atom is 0.230 e. The van der Waals surface area contributed by atoms with Gasteiger partial charge in [0, 0.05) is 11.7 Å². The minimum absolute atomic E-state index is 0.465. The molecule has 0 amide bonds. The Morgan fingerprint density at radius 1 is 1.00 bits per heavy atom. The monoisotopic (exact) mass is 354 g/mol. The van der Waals surface area contributed by atoms with Crippen LogP contribution in [-0.2, 0) is 0 Å². The van der Waals surface area contributed by atoms with Crippen molar-refractivity contribution in [2.45, 2.75) is 52.0 Å². The van der Waals surface area contributed by atoms with E-state index in [9.17, 15) is 0 Å². The Hall–Kier alpha value is -2.28. The average molecular weight is 354 g/mol. The largest absolute Gasteiger partial charge is 0.365 e. The molecule has 0 unspecified atom stereocenters. The minimum atomic E-state index is 0.465. The number of aryl methyl sites for hydroxylation is 2. The summed E-state index contributed by atoms with van der Waals surface area (Å²) in [6.07, 6.45) is 6.26. The number of nitrogens with zero attached hydrogens (tertiary/aromatic N) is 4. The molecule has 3 heterocycles. The van der Waals surface area contributed by atoms with Crippen LogP contribution >= 0.6 is 11.5 Å². The molecule has 1 aliphatic carbocycles. The molecule has 0 bridgehead atoms. The summed E-state index contributed by atoms with van der Waals surface area (Å²) in [5.74, 6) is 1.41. The second-order valence-corrected chi connectivity index (χ2v) is 7.46. The summed E-state index contributed by atoms with van der Waals surface area (Å²) in [5, 5.41) is 7.84. The first-order chi connectivity index (χ1) is 12.2. The second-order valence-electron chi connectivity index (χ2n) is 6.65. The third-order valence-electron chi connectivity index (χ3n) is 4.49. The summed E-state index contributed by atoms with van der Waals surface area (Å²) >= 11 is 1.42. The molecule has 25 heavy (non-hydrogen) atoms. The van der Waals surface area contributed by atoms with Crippen molar-refractivity contribution in [3.05, 3.63) is 29.6 Å². The Balaban J connectivity index is 1.70. The lowest BCUT2D eigenvalue weighted by molar-refractivity contribution is 0.462. The normalized spacial score (nSPS) is 15.4. The number of pyridine rings is 1. The van der Waals surface area contributed by atoms with E-state index >= 15 is 0 Å². The van der Waals surface area contributed by atoms with Gasteiger partial charge in [-0.15, -0.1) is 0 Å². The SMILES string of the molecule is Cc1cc(Nc2nc(NC3CCCCC3)c3nc(C)ccc3n2)sn1. The highest BCUT2D eigenvalue weighted by atomic mass is 32.1. The van der Waals surface area contributed by atoms with Crippen LogP contribution in [-0.4, -0.2) is 25.4 Å². The van der Waals surface area contributed by atoms with Gasteiger partial charge >= 0.3 is 0 Å². The molecule has 0 spiro atoms. The number of aromatic nitrogens is 4. The van der Waals surface area contributed by atoms with E-state index in [1.165, 1.54) is 43.6 Å². The Kier molecular flexibility index (Phi) is 4.48. The fourth-order valence-electron chi connectivity index (χ4n) is 3.24. The van der Waals surface area contributed by atoms with Crippen molar-refractivity contribution in [2.24, 2.45) is 0 Å². The van der Waals surface area contributed by atoms with Crippen LogP contribution in [0.2, 0.25) is 0 Å². The minimum Gasteiger partial charge on any atom is -0.365 e. The topological polar surface area (TPSA) is 75.6 Å². The third-order valence-corrected chi connectivity index (χ3v) is 5.29. The first kappa shape index (κ1) is 16.2. The summed E-state index contributed by atoms with van der Waals surface area (Å²) in [4.78, 5) is 14.0. The van der Waals surface area contributed by atoms with Gasteiger partial charge in [-0.3, -0.25) is 0 Å². The lowest BCUT2D eigenvalue weighted by Crippen LogP contribution is -2.23. The average Bonchev–Trinajstić information content (AvgIpc) is 3.01. The molecule has 130 valence electrons. The van der Waals surface area contributed by atoms with E-state index in [1.54, 1.807) is 0 Å². The van der Waals surface area contributed by atoms with E-state index < -0.39 is 0 Å². The van der Waals surface area contributed by atoms with Crippen LogP contribution in [0, 0.1) is 13.8 Å². The van der Waals surface area contributed by atoms with Crippen LogP contribution in [0.4, 0.5) is 16.8 Å². The van der Waals surface area contributed by atoms with Crippen LogP contribution in [0.1, 0.15) is 43.5 Å². The van der Waals surface area contributed by atoms with E-state index in [4.69, 9.17) is 4.98 Å². The van der Waals surface area contributed by atoms with Crippen molar-refractivity contribution in [1.82, 2.24) is 19.3 Å². The highest BCUT2D eigenvalue weighted by Crippen LogP contribution is 2.27. The molecule has 0 radical (unpaired) electrons. The molecular weight excluding hydrogens is 332 g/mol. The van der Waals surface area contributed by atoms with Gasteiger partial charge in [-0.1, -0.05) is 19.3 Å². The Morgan fingerprint density at radius 3 is 2.60 bits per heavy atom. The predicted molar refractivity (Wildman–Crippen MR) is 103 cm³/mol. The number of nitrogens with one attached hydrogen (secondary N) is 2.